The minimum Gasteiger partial charge on any atom is -0.480 e. The average molecular weight is 279 g/mol. The maximum atomic E-state index is 11.6. The minimum absolute atomic E-state index is 0.132. The summed E-state index contributed by atoms with van der Waals surface area (Å²) in [6, 6.07) is 8.65. The van der Waals surface area contributed by atoms with Gasteiger partial charge in [0.2, 0.25) is 5.91 Å². The third-order valence-electron chi connectivity index (χ3n) is 2.90. The molecule has 0 fully saturated rings. The quantitative estimate of drug-likeness (QED) is 0.507. The van der Waals surface area contributed by atoms with Crippen molar-refractivity contribution in [3.8, 4) is 0 Å². The molecule has 6 nitrogen and oxygen atoms in total. The number of rotatable bonds is 8. The number of aryl methyl sites for hydroxylation is 1. The molecule has 1 atom stereocenters. The smallest absolute Gasteiger partial charge is 0.326 e. The maximum absolute atomic E-state index is 11.6. The van der Waals surface area contributed by atoms with Crippen LogP contribution in [0.1, 0.15) is 24.8 Å². The molecule has 1 rings (SSSR count). The van der Waals surface area contributed by atoms with Gasteiger partial charge in [-0.2, -0.15) is 0 Å². The van der Waals surface area contributed by atoms with E-state index in [4.69, 9.17) is 16.6 Å². The lowest BCUT2D eigenvalue weighted by Crippen LogP contribution is -2.42. The lowest BCUT2D eigenvalue weighted by molar-refractivity contribution is -0.142. The van der Waals surface area contributed by atoms with Crippen molar-refractivity contribution in [1.29, 1.82) is 0 Å². The van der Waals surface area contributed by atoms with Gasteiger partial charge in [0, 0.05) is 6.42 Å². The third kappa shape index (κ3) is 6.31. The number of benzene rings is 1. The van der Waals surface area contributed by atoms with E-state index in [1.807, 2.05) is 30.3 Å². The number of amides is 1. The molecule has 0 saturated carbocycles. The van der Waals surface area contributed by atoms with E-state index in [-0.39, 0.29) is 12.3 Å². The normalized spacial score (nSPS) is 12.2. The molecule has 0 radical (unpaired) electrons. The molecule has 6 N–H and O–H groups in total. The molecule has 0 unspecified atom stereocenters. The molecule has 0 aromatic heterocycles. The van der Waals surface area contributed by atoms with Gasteiger partial charge < -0.3 is 21.9 Å². The highest BCUT2D eigenvalue weighted by atomic mass is 16.4. The van der Waals surface area contributed by atoms with E-state index >= 15 is 0 Å². The zero-order valence-corrected chi connectivity index (χ0v) is 11.3. The summed E-state index contributed by atoms with van der Waals surface area (Å²) < 4.78 is 0. The highest BCUT2D eigenvalue weighted by molar-refractivity contribution is 5.83. The molecule has 110 valence electrons. The fourth-order valence-electron chi connectivity index (χ4n) is 1.78. The summed E-state index contributed by atoms with van der Waals surface area (Å²) >= 11 is 0. The van der Waals surface area contributed by atoms with Crippen LogP contribution in [-0.2, 0) is 16.0 Å². The molecule has 1 aromatic carbocycles. The Labute approximate surface area is 118 Å². The number of carbonyl (C=O) groups is 2. The van der Waals surface area contributed by atoms with Crippen LogP contribution in [0.5, 0.6) is 0 Å². The Morgan fingerprint density at radius 3 is 2.35 bits per heavy atom. The van der Waals surface area contributed by atoms with Crippen molar-refractivity contribution >= 4 is 11.9 Å². The number of carboxylic acids is 1. The number of carboxylic acid groups (broad SMARTS) is 1. The molecular weight excluding hydrogens is 258 g/mol. The molecule has 0 saturated heterocycles. The standard InChI is InChI=1S/C14H21N3O3/c15-12(16)8-9-13(18)17-11(14(19)20)7-6-10-4-2-1-3-5-10/h1-5,11-12H,6-9,15-16H2,(H,17,18)(H,19,20)/t11-/m1/s1. The number of aliphatic carboxylic acids is 1. The van der Waals surface area contributed by atoms with Crippen LogP contribution in [-0.4, -0.2) is 29.2 Å². The van der Waals surface area contributed by atoms with E-state index < -0.39 is 18.2 Å². The summed E-state index contributed by atoms with van der Waals surface area (Å²) in [5.74, 6) is -1.38. The second-order valence-electron chi connectivity index (χ2n) is 4.69. The Kier molecular flexibility index (Phi) is 6.69. The van der Waals surface area contributed by atoms with Gasteiger partial charge in [-0.1, -0.05) is 30.3 Å². The fourth-order valence-corrected chi connectivity index (χ4v) is 1.78. The van der Waals surface area contributed by atoms with E-state index in [0.29, 0.717) is 19.3 Å². The maximum Gasteiger partial charge on any atom is 0.326 e. The molecule has 0 bridgehead atoms. The number of nitrogens with two attached hydrogens (primary N) is 2. The van der Waals surface area contributed by atoms with Crippen molar-refractivity contribution in [2.75, 3.05) is 0 Å². The molecule has 0 aliphatic heterocycles. The van der Waals surface area contributed by atoms with E-state index in [0.717, 1.165) is 5.56 Å². The fraction of sp³-hybridized carbons (Fsp3) is 0.429. The van der Waals surface area contributed by atoms with Gasteiger partial charge in [-0.15, -0.1) is 0 Å². The zero-order chi connectivity index (χ0) is 15.0. The van der Waals surface area contributed by atoms with Crippen LogP contribution in [0.2, 0.25) is 0 Å². The van der Waals surface area contributed by atoms with Gasteiger partial charge in [-0.3, -0.25) is 4.79 Å². The number of carbonyl (C=O) groups excluding carboxylic acids is 1. The van der Waals surface area contributed by atoms with Gasteiger partial charge in [0.05, 0.1) is 6.17 Å². The summed E-state index contributed by atoms with van der Waals surface area (Å²) in [5, 5.41) is 11.6. The molecule has 0 heterocycles. The van der Waals surface area contributed by atoms with Crippen LogP contribution in [0.25, 0.3) is 0 Å². The van der Waals surface area contributed by atoms with Crippen LogP contribution < -0.4 is 16.8 Å². The Balaban J connectivity index is 2.44. The van der Waals surface area contributed by atoms with Crippen LogP contribution in [0.4, 0.5) is 0 Å². The second kappa shape index (κ2) is 8.29. The topological polar surface area (TPSA) is 118 Å². The molecule has 1 amide bonds. The average Bonchev–Trinajstić information content (AvgIpc) is 2.42. The summed E-state index contributed by atoms with van der Waals surface area (Å²) in [6.07, 6.45) is 0.839. The summed E-state index contributed by atoms with van der Waals surface area (Å²) in [5.41, 5.74) is 11.7. The van der Waals surface area contributed by atoms with E-state index in [1.165, 1.54) is 0 Å². The van der Waals surface area contributed by atoms with E-state index in [9.17, 15) is 9.59 Å². The number of nitrogens with one attached hydrogen (secondary N) is 1. The monoisotopic (exact) mass is 279 g/mol. The first-order valence-electron chi connectivity index (χ1n) is 6.56. The van der Waals surface area contributed by atoms with Crippen LogP contribution in [0, 0.1) is 0 Å². The van der Waals surface area contributed by atoms with Gasteiger partial charge in [0.1, 0.15) is 6.04 Å². The van der Waals surface area contributed by atoms with Gasteiger partial charge in [-0.05, 0) is 24.8 Å². The SMILES string of the molecule is NC(N)CCC(=O)N[C@H](CCc1ccccc1)C(=O)O. The first-order chi connectivity index (χ1) is 9.49. The molecule has 0 aliphatic carbocycles. The van der Waals surface area contributed by atoms with Crippen molar-refractivity contribution in [3.63, 3.8) is 0 Å². The summed E-state index contributed by atoms with van der Waals surface area (Å²) in [6.45, 7) is 0. The van der Waals surface area contributed by atoms with Crippen molar-refractivity contribution in [2.45, 2.75) is 37.9 Å². The predicted octanol–water partition coefficient (Wildman–Crippen LogP) is 0.212. The van der Waals surface area contributed by atoms with Crippen LogP contribution >= 0.6 is 0 Å². The minimum atomic E-state index is -1.04. The Hall–Kier alpha value is -1.92. The number of hydrogen-bond donors (Lipinski definition) is 4. The molecule has 0 aliphatic rings. The first-order valence-corrected chi connectivity index (χ1v) is 6.56. The third-order valence-corrected chi connectivity index (χ3v) is 2.90. The van der Waals surface area contributed by atoms with Crippen molar-refractivity contribution in [2.24, 2.45) is 11.5 Å². The van der Waals surface area contributed by atoms with Gasteiger partial charge >= 0.3 is 5.97 Å². The van der Waals surface area contributed by atoms with Crippen LogP contribution in [0.3, 0.4) is 0 Å². The Bertz CT molecular complexity index is 435. The van der Waals surface area contributed by atoms with Gasteiger partial charge in [-0.25, -0.2) is 4.79 Å². The lowest BCUT2D eigenvalue weighted by Gasteiger charge is -2.15. The van der Waals surface area contributed by atoms with Gasteiger partial charge in [0.15, 0.2) is 0 Å². The predicted molar refractivity (Wildman–Crippen MR) is 75.7 cm³/mol. The highest BCUT2D eigenvalue weighted by Crippen LogP contribution is 2.06. The summed E-state index contributed by atoms with van der Waals surface area (Å²) in [4.78, 5) is 22.7. The van der Waals surface area contributed by atoms with E-state index in [1.54, 1.807) is 0 Å². The van der Waals surface area contributed by atoms with Gasteiger partial charge in [0.25, 0.3) is 0 Å². The number of hydrogen-bond acceptors (Lipinski definition) is 4. The Morgan fingerprint density at radius 2 is 1.80 bits per heavy atom. The molecular formula is C14H21N3O3. The van der Waals surface area contributed by atoms with E-state index in [2.05, 4.69) is 5.32 Å². The second-order valence-corrected chi connectivity index (χ2v) is 4.69. The van der Waals surface area contributed by atoms with Crippen molar-refractivity contribution in [1.82, 2.24) is 5.32 Å². The zero-order valence-electron chi connectivity index (χ0n) is 11.3. The van der Waals surface area contributed by atoms with Crippen molar-refractivity contribution in [3.05, 3.63) is 35.9 Å². The van der Waals surface area contributed by atoms with Crippen LogP contribution in [0.15, 0.2) is 30.3 Å². The molecule has 6 heteroatoms. The lowest BCUT2D eigenvalue weighted by atomic mass is 10.1. The van der Waals surface area contributed by atoms with Crippen molar-refractivity contribution < 1.29 is 14.7 Å². The highest BCUT2D eigenvalue weighted by Gasteiger charge is 2.19. The molecule has 20 heavy (non-hydrogen) atoms. The largest absolute Gasteiger partial charge is 0.480 e. The Morgan fingerprint density at radius 1 is 1.15 bits per heavy atom. The molecule has 0 spiro atoms. The molecule has 1 aromatic rings. The summed E-state index contributed by atoms with van der Waals surface area (Å²) in [7, 11) is 0. The first kappa shape index (κ1) is 16.1.